The number of alkyl halides is 3. The molecule has 0 fully saturated rings. The highest BCUT2D eigenvalue weighted by atomic mass is 35.5. The second kappa shape index (κ2) is 6.53. The van der Waals surface area contributed by atoms with Crippen LogP contribution in [0.3, 0.4) is 0 Å². The summed E-state index contributed by atoms with van der Waals surface area (Å²) >= 11 is 5.96. The lowest BCUT2D eigenvalue weighted by atomic mass is 10.1. The minimum absolute atomic E-state index is 0.156. The molecule has 1 atom stereocenters. The van der Waals surface area contributed by atoms with E-state index in [9.17, 15) is 26.0 Å². The van der Waals surface area contributed by atoms with Gasteiger partial charge in [-0.25, -0.2) is 17.8 Å². The lowest BCUT2D eigenvalue weighted by molar-refractivity contribution is -0.153. The summed E-state index contributed by atoms with van der Waals surface area (Å²) in [4.78, 5) is 3.78. The molecule has 138 valence electrons. The number of nitrogens with zero attached hydrogens (tertiary/aromatic N) is 2. The molecule has 3 aromatic rings. The molecule has 0 saturated heterocycles. The molecular formula is C15H10ClF4N3O2S. The molecule has 0 saturated carbocycles. The van der Waals surface area contributed by atoms with Crippen molar-refractivity contribution < 1.29 is 26.0 Å². The van der Waals surface area contributed by atoms with Crippen molar-refractivity contribution in [1.29, 1.82) is 0 Å². The van der Waals surface area contributed by atoms with Gasteiger partial charge in [-0.05, 0) is 29.8 Å². The molecule has 5 nitrogen and oxygen atoms in total. The number of aromatic nitrogens is 2. The highest BCUT2D eigenvalue weighted by Crippen LogP contribution is 2.35. The van der Waals surface area contributed by atoms with Crippen molar-refractivity contribution in [3.05, 3.63) is 65.2 Å². The zero-order valence-electron chi connectivity index (χ0n) is 12.7. The fraction of sp³-hybridized carbons (Fsp3) is 0.133. The Morgan fingerprint density at radius 3 is 2.35 bits per heavy atom. The molecule has 1 N–H and O–H groups in total. The topological polar surface area (TPSA) is 63.5 Å². The number of rotatable bonds is 4. The molecule has 0 amide bonds. The Bertz CT molecular complexity index is 1050. The number of pyridine rings is 1. The van der Waals surface area contributed by atoms with Gasteiger partial charge in [0, 0.05) is 6.20 Å². The fourth-order valence-electron chi connectivity index (χ4n) is 2.31. The van der Waals surface area contributed by atoms with E-state index in [4.69, 9.17) is 11.6 Å². The van der Waals surface area contributed by atoms with Crippen LogP contribution in [-0.2, 0) is 10.0 Å². The molecule has 3 rings (SSSR count). The molecule has 0 aliphatic rings. The predicted molar refractivity (Wildman–Crippen MR) is 85.7 cm³/mol. The van der Waals surface area contributed by atoms with Crippen LogP contribution in [0.5, 0.6) is 0 Å². The molecule has 11 heteroatoms. The molecular weight excluding hydrogens is 398 g/mol. The first kappa shape index (κ1) is 18.6. The van der Waals surface area contributed by atoms with Crippen molar-refractivity contribution in [2.75, 3.05) is 0 Å². The van der Waals surface area contributed by atoms with Crippen molar-refractivity contribution in [2.45, 2.75) is 17.2 Å². The Balaban J connectivity index is 2.04. The van der Waals surface area contributed by atoms with E-state index >= 15 is 0 Å². The second-order valence-electron chi connectivity index (χ2n) is 5.28. The standard InChI is InChI=1S/C15H10ClF4N3O2S/c16-13-14(21-11-3-1-2-8-23(11)13)26(24,25)22-12(15(18,19)20)9-4-6-10(17)7-5-9/h1-8,12,22H/t12-/m1/s1. The highest BCUT2D eigenvalue weighted by Gasteiger charge is 2.44. The number of nitrogens with one attached hydrogen (secondary N) is 1. The number of sulfonamides is 1. The zero-order chi connectivity index (χ0) is 19.1. The highest BCUT2D eigenvalue weighted by molar-refractivity contribution is 7.89. The summed E-state index contributed by atoms with van der Waals surface area (Å²) in [6, 6.07) is 5.30. The predicted octanol–water partition coefficient (Wildman–Crippen LogP) is 3.71. The summed E-state index contributed by atoms with van der Waals surface area (Å²) in [6.45, 7) is 0. The summed E-state index contributed by atoms with van der Waals surface area (Å²) in [6.07, 6.45) is -3.54. The van der Waals surface area contributed by atoms with Gasteiger partial charge in [0.2, 0.25) is 5.03 Å². The van der Waals surface area contributed by atoms with E-state index in [2.05, 4.69) is 4.98 Å². The van der Waals surface area contributed by atoms with Crippen molar-refractivity contribution in [1.82, 2.24) is 14.1 Å². The monoisotopic (exact) mass is 407 g/mol. The van der Waals surface area contributed by atoms with E-state index in [1.54, 1.807) is 16.9 Å². The first-order valence-electron chi connectivity index (χ1n) is 7.07. The third-order valence-electron chi connectivity index (χ3n) is 3.50. The lowest BCUT2D eigenvalue weighted by Gasteiger charge is -2.21. The summed E-state index contributed by atoms with van der Waals surface area (Å²) in [5.41, 5.74) is -0.314. The Labute approximate surface area is 150 Å². The van der Waals surface area contributed by atoms with Gasteiger partial charge >= 0.3 is 6.18 Å². The van der Waals surface area contributed by atoms with Crippen LogP contribution in [0.1, 0.15) is 11.6 Å². The van der Waals surface area contributed by atoms with E-state index in [0.29, 0.717) is 0 Å². The van der Waals surface area contributed by atoms with Gasteiger partial charge in [0.15, 0.2) is 5.15 Å². The van der Waals surface area contributed by atoms with E-state index in [1.807, 2.05) is 0 Å². The van der Waals surface area contributed by atoms with Crippen LogP contribution in [-0.4, -0.2) is 24.0 Å². The van der Waals surface area contributed by atoms with E-state index in [0.717, 1.165) is 24.3 Å². The summed E-state index contributed by atoms with van der Waals surface area (Å²) in [5.74, 6) is -0.749. The van der Waals surface area contributed by atoms with Gasteiger partial charge in [-0.2, -0.15) is 17.9 Å². The van der Waals surface area contributed by atoms with Crippen molar-refractivity contribution >= 4 is 27.3 Å². The maximum Gasteiger partial charge on any atom is 0.408 e. The Morgan fingerprint density at radius 2 is 1.77 bits per heavy atom. The van der Waals surface area contributed by atoms with E-state index in [-0.39, 0.29) is 10.8 Å². The van der Waals surface area contributed by atoms with Crippen LogP contribution in [0.25, 0.3) is 5.65 Å². The molecule has 0 unspecified atom stereocenters. The maximum atomic E-state index is 13.4. The average molecular weight is 408 g/mol. The number of hydrogen-bond donors (Lipinski definition) is 1. The van der Waals surface area contributed by atoms with Gasteiger partial charge in [-0.1, -0.05) is 29.8 Å². The fourth-order valence-corrected chi connectivity index (χ4v) is 4.02. The van der Waals surface area contributed by atoms with Gasteiger partial charge in [-0.15, -0.1) is 0 Å². The number of imidazole rings is 1. The van der Waals surface area contributed by atoms with Gasteiger partial charge < -0.3 is 0 Å². The number of hydrogen-bond acceptors (Lipinski definition) is 3. The van der Waals surface area contributed by atoms with Crippen LogP contribution in [0.4, 0.5) is 17.6 Å². The summed E-state index contributed by atoms with van der Waals surface area (Å²) in [5, 5.41) is -1.09. The third-order valence-corrected chi connectivity index (χ3v) is 5.31. The average Bonchev–Trinajstić information content (AvgIpc) is 2.91. The van der Waals surface area contributed by atoms with Gasteiger partial charge in [-0.3, -0.25) is 4.40 Å². The van der Waals surface area contributed by atoms with Crippen LogP contribution in [0.2, 0.25) is 5.15 Å². The molecule has 1 aromatic carbocycles. The zero-order valence-corrected chi connectivity index (χ0v) is 14.3. The SMILES string of the molecule is O=S(=O)(N[C@H](c1ccc(F)cc1)C(F)(F)F)c1nc2ccccn2c1Cl. The van der Waals surface area contributed by atoms with Gasteiger partial charge in [0.05, 0.1) is 0 Å². The van der Waals surface area contributed by atoms with Crippen LogP contribution in [0.15, 0.2) is 53.7 Å². The first-order chi connectivity index (χ1) is 12.1. The Kier molecular flexibility index (Phi) is 4.67. The number of halogens is 5. The molecule has 2 aromatic heterocycles. The number of benzene rings is 1. The van der Waals surface area contributed by atoms with Gasteiger partial charge in [0.1, 0.15) is 17.5 Å². The van der Waals surface area contributed by atoms with Crippen molar-refractivity contribution in [3.8, 4) is 0 Å². The van der Waals surface area contributed by atoms with Crippen molar-refractivity contribution in [2.24, 2.45) is 0 Å². The van der Waals surface area contributed by atoms with Crippen LogP contribution in [0, 0.1) is 5.82 Å². The van der Waals surface area contributed by atoms with Crippen LogP contribution >= 0.6 is 11.6 Å². The minimum Gasteiger partial charge on any atom is -0.289 e. The van der Waals surface area contributed by atoms with Crippen molar-refractivity contribution in [3.63, 3.8) is 0 Å². The normalized spacial score (nSPS) is 13.9. The number of fused-ring (bicyclic) bond motifs is 1. The Morgan fingerprint density at radius 1 is 1.12 bits per heavy atom. The van der Waals surface area contributed by atoms with E-state index < -0.39 is 38.6 Å². The minimum atomic E-state index is -4.96. The summed E-state index contributed by atoms with van der Waals surface area (Å²) in [7, 11) is -4.72. The molecule has 0 aliphatic heterocycles. The third kappa shape index (κ3) is 3.53. The molecule has 2 heterocycles. The molecule has 0 bridgehead atoms. The largest absolute Gasteiger partial charge is 0.408 e. The van der Waals surface area contributed by atoms with Crippen LogP contribution < -0.4 is 4.72 Å². The van der Waals surface area contributed by atoms with E-state index in [1.165, 1.54) is 16.7 Å². The second-order valence-corrected chi connectivity index (χ2v) is 7.27. The molecule has 26 heavy (non-hydrogen) atoms. The first-order valence-corrected chi connectivity index (χ1v) is 8.93. The smallest absolute Gasteiger partial charge is 0.289 e. The maximum absolute atomic E-state index is 13.4. The van der Waals surface area contributed by atoms with Gasteiger partial charge in [0.25, 0.3) is 10.0 Å². The molecule has 0 spiro atoms. The quantitative estimate of drug-likeness (QED) is 0.671. The lowest BCUT2D eigenvalue weighted by Crippen LogP contribution is -2.38. The molecule has 0 aliphatic carbocycles. The summed E-state index contributed by atoms with van der Waals surface area (Å²) < 4.78 is 80.8. The Hall–Kier alpha value is -2.17. The molecule has 0 radical (unpaired) electrons.